The normalized spacial score (nSPS) is 10.3. The zero-order valence-electron chi connectivity index (χ0n) is 12.7. The van der Waals surface area contributed by atoms with E-state index in [2.05, 4.69) is 5.32 Å². The number of carbonyl (C=O) groups excluding carboxylic acids is 1. The predicted molar refractivity (Wildman–Crippen MR) is 95.5 cm³/mol. The summed E-state index contributed by atoms with van der Waals surface area (Å²) in [5.74, 6) is -1.17. The number of rotatable bonds is 5. The Morgan fingerprint density at radius 3 is 2.21 bits per heavy atom. The maximum absolute atomic E-state index is 12.3. The zero-order valence-corrected chi connectivity index (χ0v) is 13.5. The van der Waals surface area contributed by atoms with Gasteiger partial charge in [0.15, 0.2) is 0 Å². The molecule has 120 valence electrons. The maximum atomic E-state index is 12.3. The Hall–Kier alpha value is -2.92. The van der Waals surface area contributed by atoms with Gasteiger partial charge in [0.05, 0.1) is 11.4 Å². The van der Waals surface area contributed by atoms with Crippen molar-refractivity contribution in [3.05, 3.63) is 77.9 Å². The van der Waals surface area contributed by atoms with Crippen LogP contribution in [0.2, 0.25) is 0 Å². The second kappa shape index (κ2) is 7.10. The molecule has 0 atom stereocenters. The Morgan fingerprint density at radius 1 is 0.958 bits per heavy atom. The highest BCUT2D eigenvalue weighted by Crippen LogP contribution is 2.36. The molecule has 3 aromatic rings. The van der Waals surface area contributed by atoms with Crippen LogP contribution in [-0.4, -0.2) is 17.0 Å². The van der Waals surface area contributed by atoms with Gasteiger partial charge in [-0.2, -0.15) is 0 Å². The van der Waals surface area contributed by atoms with Crippen LogP contribution in [0.15, 0.2) is 66.7 Å². The first kappa shape index (κ1) is 16.0. The molecule has 0 radical (unpaired) electrons. The number of carboxylic acid groups (broad SMARTS) is 1. The molecule has 5 heteroatoms. The maximum Gasteiger partial charge on any atom is 0.307 e. The molecular weight excluding hydrogens is 322 g/mol. The number of anilines is 1. The van der Waals surface area contributed by atoms with Crippen molar-refractivity contribution in [2.75, 3.05) is 5.32 Å². The van der Waals surface area contributed by atoms with Gasteiger partial charge in [0.2, 0.25) is 0 Å². The first-order valence-electron chi connectivity index (χ1n) is 7.40. The van der Waals surface area contributed by atoms with E-state index in [-0.39, 0.29) is 12.3 Å². The Kier molecular flexibility index (Phi) is 4.72. The lowest BCUT2D eigenvalue weighted by Gasteiger charge is -2.05. The zero-order chi connectivity index (χ0) is 16.9. The van der Waals surface area contributed by atoms with E-state index in [0.29, 0.717) is 16.1 Å². The number of carbonyl (C=O) groups is 2. The Balaban J connectivity index is 1.92. The highest BCUT2D eigenvalue weighted by Gasteiger charge is 2.16. The average Bonchev–Trinajstić information content (AvgIpc) is 2.98. The molecule has 2 aromatic carbocycles. The van der Waals surface area contributed by atoms with Crippen molar-refractivity contribution in [3.8, 4) is 10.4 Å². The van der Waals surface area contributed by atoms with Crippen LogP contribution in [0.4, 0.5) is 5.00 Å². The predicted octanol–water partition coefficient (Wildman–Crippen LogP) is 4.29. The van der Waals surface area contributed by atoms with Gasteiger partial charge < -0.3 is 10.4 Å². The fraction of sp³-hybridized carbons (Fsp3) is 0.0526. The van der Waals surface area contributed by atoms with Gasteiger partial charge >= 0.3 is 5.97 Å². The van der Waals surface area contributed by atoms with Crippen LogP contribution < -0.4 is 5.32 Å². The van der Waals surface area contributed by atoms with Gasteiger partial charge in [-0.1, -0.05) is 48.5 Å². The molecule has 0 bridgehead atoms. The summed E-state index contributed by atoms with van der Waals surface area (Å²) >= 11 is 1.38. The van der Waals surface area contributed by atoms with Crippen LogP contribution in [0, 0.1) is 0 Å². The van der Waals surface area contributed by atoms with E-state index in [4.69, 9.17) is 5.11 Å². The second-order valence-corrected chi connectivity index (χ2v) is 6.27. The average molecular weight is 337 g/mol. The molecule has 0 aliphatic heterocycles. The van der Waals surface area contributed by atoms with Gasteiger partial charge in [-0.05, 0) is 29.3 Å². The molecule has 0 spiro atoms. The van der Waals surface area contributed by atoms with Gasteiger partial charge in [-0.3, -0.25) is 9.59 Å². The first-order chi connectivity index (χ1) is 11.6. The smallest absolute Gasteiger partial charge is 0.307 e. The molecule has 0 fully saturated rings. The molecule has 1 heterocycles. The molecule has 2 N–H and O–H groups in total. The van der Waals surface area contributed by atoms with E-state index in [1.807, 2.05) is 42.5 Å². The third-order valence-electron chi connectivity index (χ3n) is 3.47. The monoisotopic (exact) mass is 337 g/mol. The summed E-state index contributed by atoms with van der Waals surface area (Å²) in [5, 5.41) is 12.5. The van der Waals surface area contributed by atoms with E-state index in [1.54, 1.807) is 24.3 Å². The third-order valence-corrected chi connectivity index (χ3v) is 4.61. The van der Waals surface area contributed by atoms with Crippen molar-refractivity contribution in [1.29, 1.82) is 0 Å². The van der Waals surface area contributed by atoms with E-state index in [0.717, 1.165) is 10.4 Å². The van der Waals surface area contributed by atoms with E-state index >= 15 is 0 Å². The highest BCUT2D eigenvalue weighted by atomic mass is 32.1. The van der Waals surface area contributed by atoms with Crippen molar-refractivity contribution >= 4 is 28.2 Å². The number of hydrogen-bond donors (Lipinski definition) is 2. The lowest BCUT2D eigenvalue weighted by atomic mass is 10.1. The summed E-state index contributed by atoms with van der Waals surface area (Å²) in [6.07, 6.45) is -0.131. The topological polar surface area (TPSA) is 66.4 Å². The van der Waals surface area contributed by atoms with Gasteiger partial charge in [0.25, 0.3) is 5.91 Å². The SMILES string of the molecule is O=C(O)Cc1cc(-c2ccccc2)sc1NC(=O)c1ccccc1. The summed E-state index contributed by atoms with van der Waals surface area (Å²) in [5.41, 5.74) is 2.14. The number of benzene rings is 2. The van der Waals surface area contributed by atoms with Crippen LogP contribution in [0.25, 0.3) is 10.4 Å². The summed E-state index contributed by atoms with van der Waals surface area (Å²) < 4.78 is 0. The van der Waals surface area contributed by atoms with Gasteiger partial charge in [-0.25, -0.2) is 0 Å². The summed E-state index contributed by atoms with van der Waals surface area (Å²) in [6.45, 7) is 0. The molecular formula is C19H15NO3S. The van der Waals surface area contributed by atoms with E-state index in [9.17, 15) is 9.59 Å². The van der Waals surface area contributed by atoms with Crippen molar-refractivity contribution < 1.29 is 14.7 Å². The van der Waals surface area contributed by atoms with Crippen LogP contribution in [-0.2, 0) is 11.2 Å². The van der Waals surface area contributed by atoms with Crippen LogP contribution in [0.1, 0.15) is 15.9 Å². The fourth-order valence-electron chi connectivity index (χ4n) is 2.34. The Morgan fingerprint density at radius 2 is 1.58 bits per heavy atom. The highest BCUT2D eigenvalue weighted by molar-refractivity contribution is 7.19. The lowest BCUT2D eigenvalue weighted by molar-refractivity contribution is -0.136. The van der Waals surface area contributed by atoms with Crippen molar-refractivity contribution in [3.63, 3.8) is 0 Å². The van der Waals surface area contributed by atoms with E-state index < -0.39 is 5.97 Å². The van der Waals surface area contributed by atoms with Crippen LogP contribution in [0.5, 0.6) is 0 Å². The van der Waals surface area contributed by atoms with Crippen LogP contribution in [0.3, 0.4) is 0 Å². The minimum absolute atomic E-state index is 0.131. The van der Waals surface area contributed by atoms with Gasteiger partial charge in [0, 0.05) is 10.4 Å². The number of nitrogens with one attached hydrogen (secondary N) is 1. The molecule has 1 amide bonds. The number of hydrogen-bond acceptors (Lipinski definition) is 3. The summed E-state index contributed by atoms with van der Waals surface area (Å²) in [7, 11) is 0. The Labute approximate surface area is 143 Å². The standard InChI is InChI=1S/C19H15NO3S/c21-17(22)12-15-11-16(13-7-3-1-4-8-13)24-19(15)20-18(23)14-9-5-2-6-10-14/h1-11H,12H2,(H,20,23)(H,21,22). The van der Waals surface area contributed by atoms with Crippen molar-refractivity contribution in [2.45, 2.75) is 6.42 Å². The number of thiophene rings is 1. The quantitative estimate of drug-likeness (QED) is 0.730. The molecule has 4 nitrogen and oxygen atoms in total. The molecule has 0 saturated heterocycles. The van der Waals surface area contributed by atoms with Crippen LogP contribution >= 0.6 is 11.3 Å². The molecule has 0 saturated carbocycles. The van der Waals surface area contributed by atoms with Gasteiger partial charge in [0.1, 0.15) is 0 Å². The van der Waals surface area contributed by atoms with E-state index in [1.165, 1.54) is 11.3 Å². The van der Waals surface area contributed by atoms with Crippen molar-refractivity contribution in [1.82, 2.24) is 0 Å². The minimum atomic E-state index is -0.928. The largest absolute Gasteiger partial charge is 0.481 e. The fourth-order valence-corrected chi connectivity index (χ4v) is 3.42. The third kappa shape index (κ3) is 3.70. The van der Waals surface area contributed by atoms with Crippen molar-refractivity contribution in [2.24, 2.45) is 0 Å². The summed E-state index contributed by atoms with van der Waals surface area (Å²) in [4.78, 5) is 24.4. The molecule has 0 unspecified atom stereocenters. The molecule has 24 heavy (non-hydrogen) atoms. The number of carboxylic acids is 1. The minimum Gasteiger partial charge on any atom is -0.481 e. The first-order valence-corrected chi connectivity index (χ1v) is 8.21. The summed E-state index contributed by atoms with van der Waals surface area (Å²) in [6, 6.07) is 20.4. The second-order valence-electron chi connectivity index (χ2n) is 5.22. The molecule has 1 aromatic heterocycles. The Bertz CT molecular complexity index is 857. The molecule has 3 rings (SSSR count). The molecule has 0 aliphatic rings. The number of aliphatic carboxylic acids is 1. The molecule has 0 aliphatic carbocycles. The number of amides is 1. The lowest BCUT2D eigenvalue weighted by Crippen LogP contribution is -2.12. The van der Waals surface area contributed by atoms with Gasteiger partial charge in [-0.15, -0.1) is 11.3 Å².